The average molecular weight is 675 g/mol. The van der Waals surface area contributed by atoms with Crippen LogP contribution in [0.2, 0.25) is 0 Å². The Balaban J connectivity index is 1.08. The summed E-state index contributed by atoms with van der Waals surface area (Å²) in [5, 5.41) is 4.22. The molecule has 4 heterocycles. The van der Waals surface area contributed by atoms with Crippen molar-refractivity contribution in [2.24, 2.45) is 0 Å². The van der Waals surface area contributed by atoms with Gasteiger partial charge in [-0.1, -0.05) is 155 Å². The third kappa shape index (κ3) is 13.2. The summed E-state index contributed by atoms with van der Waals surface area (Å²) in [6.07, 6.45) is 35.5. The predicted molar refractivity (Wildman–Crippen MR) is 199 cm³/mol. The van der Waals surface area contributed by atoms with Crippen LogP contribution < -0.4 is 18.9 Å². The zero-order chi connectivity index (χ0) is 32.1. The fourth-order valence-electron chi connectivity index (χ4n) is 6.89. The van der Waals surface area contributed by atoms with Gasteiger partial charge in [-0.05, 0) is 25.7 Å². The molecule has 2 aromatic rings. The molecule has 0 amide bonds. The Kier molecular flexibility index (Phi) is 18.7. The fraction of sp³-hybridized carbons (Fsp3) is 0.800. The highest BCUT2D eigenvalue weighted by molar-refractivity contribution is 7.21. The second kappa shape index (κ2) is 23.0. The maximum atomic E-state index is 6.56. The van der Waals surface area contributed by atoms with Crippen molar-refractivity contribution < 1.29 is 18.9 Å². The van der Waals surface area contributed by atoms with Crippen LogP contribution in [0.1, 0.15) is 181 Å². The molecule has 0 spiro atoms. The molecule has 2 aliphatic heterocycles. The van der Waals surface area contributed by atoms with Crippen LogP contribution in [0, 0.1) is 0 Å². The number of hydrogen-bond donors (Lipinski definition) is 0. The molecule has 2 unspecified atom stereocenters. The van der Waals surface area contributed by atoms with Gasteiger partial charge in [0.1, 0.15) is 25.4 Å². The lowest BCUT2D eigenvalue weighted by Gasteiger charge is -2.26. The first-order valence-electron chi connectivity index (χ1n) is 19.6. The summed E-state index contributed by atoms with van der Waals surface area (Å²) in [5.74, 6) is 3.59. The molecule has 0 saturated heterocycles. The first-order valence-corrected chi connectivity index (χ1v) is 21.4. The van der Waals surface area contributed by atoms with E-state index in [1.807, 2.05) is 0 Å². The number of unbranched alkanes of at least 4 members (excludes halogenated alkanes) is 22. The number of hydrogen-bond acceptors (Lipinski definition) is 6. The topological polar surface area (TPSA) is 36.9 Å². The summed E-state index contributed by atoms with van der Waals surface area (Å²) < 4.78 is 25.5. The standard InChI is InChI=1S/C40H66O4S2/c1-3-5-7-9-11-13-15-17-19-21-23-25-27-33-30-42-37-36(43-33)32-46-39(37)40-38-35(31-45-40)41-29-34(44-38)28-26-24-22-20-18-16-14-12-10-8-6-4-2/h31-34H,3-30H2,1-2H3. The summed E-state index contributed by atoms with van der Waals surface area (Å²) in [6.45, 7) is 5.88. The maximum absolute atomic E-state index is 6.56. The maximum Gasteiger partial charge on any atom is 0.181 e. The zero-order valence-electron chi connectivity index (χ0n) is 29.6. The lowest BCUT2D eigenvalue weighted by atomic mass is 10.0. The van der Waals surface area contributed by atoms with Crippen molar-refractivity contribution in [2.45, 2.75) is 193 Å². The van der Waals surface area contributed by atoms with Crippen LogP contribution in [0.25, 0.3) is 9.75 Å². The summed E-state index contributed by atoms with van der Waals surface area (Å²) in [6, 6.07) is 0. The van der Waals surface area contributed by atoms with Crippen LogP contribution in [0.15, 0.2) is 10.8 Å². The van der Waals surface area contributed by atoms with E-state index >= 15 is 0 Å². The largest absolute Gasteiger partial charge is 0.485 e. The third-order valence-corrected chi connectivity index (χ3v) is 11.9. The molecule has 0 bridgehead atoms. The van der Waals surface area contributed by atoms with Gasteiger partial charge in [0, 0.05) is 10.8 Å². The lowest BCUT2D eigenvalue weighted by Crippen LogP contribution is -2.29. The number of rotatable bonds is 27. The molecule has 46 heavy (non-hydrogen) atoms. The molecule has 4 rings (SSSR count). The Morgan fingerprint density at radius 3 is 1.35 bits per heavy atom. The first kappa shape index (κ1) is 37.4. The van der Waals surface area contributed by atoms with E-state index in [2.05, 4.69) is 24.6 Å². The van der Waals surface area contributed by atoms with E-state index in [0.717, 1.165) is 45.6 Å². The minimum atomic E-state index is 0.136. The van der Waals surface area contributed by atoms with Gasteiger partial charge in [-0.2, -0.15) is 0 Å². The number of ether oxygens (including phenoxy) is 4. The van der Waals surface area contributed by atoms with E-state index in [1.165, 1.54) is 154 Å². The van der Waals surface area contributed by atoms with Gasteiger partial charge in [0.15, 0.2) is 23.0 Å². The van der Waals surface area contributed by atoms with Crippen molar-refractivity contribution >= 4 is 22.7 Å². The normalized spacial score (nSPS) is 17.1. The highest BCUT2D eigenvalue weighted by Gasteiger charge is 2.31. The molecule has 262 valence electrons. The van der Waals surface area contributed by atoms with E-state index in [0.29, 0.717) is 13.2 Å². The van der Waals surface area contributed by atoms with Crippen LogP contribution >= 0.6 is 22.7 Å². The smallest absolute Gasteiger partial charge is 0.181 e. The molecule has 0 radical (unpaired) electrons. The van der Waals surface area contributed by atoms with Crippen LogP contribution in [-0.4, -0.2) is 25.4 Å². The second-order valence-electron chi connectivity index (χ2n) is 14.0. The second-order valence-corrected chi connectivity index (χ2v) is 15.7. The molecule has 2 aliphatic rings. The van der Waals surface area contributed by atoms with Crippen LogP contribution in [0.4, 0.5) is 0 Å². The molecule has 4 nitrogen and oxygen atoms in total. The summed E-state index contributed by atoms with van der Waals surface area (Å²) in [4.78, 5) is 2.25. The van der Waals surface area contributed by atoms with E-state index < -0.39 is 0 Å². The van der Waals surface area contributed by atoms with Crippen molar-refractivity contribution in [3.05, 3.63) is 10.8 Å². The summed E-state index contributed by atoms with van der Waals surface area (Å²) in [7, 11) is 0. The molecule has 0 aromatic carbocycles. The van der Waals surface area contributed by atoms with Crippen molar-refractivity contribution in [3.63, 3.8) is 0 Å². The Morgan fingerprint density at radius 2 is 0.848 bits per heavy atom. The molecular formula is C40H66O4S2. The Labute approximate surface area is 290 Å². The Bertz CT molecular complexity index is 1050. The SMILES string of the molecule is CCCCCCCCCCCCCCC1COc2c(csc2-c2scc3c2OC(CCCCCCCCCCCCCC)CO3)O1. The van der Waals surface area contributed by atoms with E-state index in [4.69, 9.17) is 18.9 Å². The monoisotopic (exact) mass is 674 g/mol. The Morgan fingerprint density at radius 1 is 0.457 bits per heavy atom. The average Bonchev–Trinajstić information content (AvgIpc) is 3.69. The van der Waals surface area contributed by atoms with Gasteiger partial charge in [-0.25, -0.2) is 0 Å². The van der Waals surface area contributed by atoms with Crippen molar-refractivity contribution in [1.29, 1.82) is 0 Å². The van der Waals surface area contributed by atoms with Gasteiger partial charge in [0.2, 0.25) is 0 Å². The van der Waals surface area contributed by atoms with Gasteiger partial charge in [0.05, 0.1) is 9.75 Å². The Hall–Kier alpha value is -1.40. The lowest BCUT2D eigenvalue weighted by molar-refractivity contribution is 0.0830. The van der Waals surface area contributed by atoms with E-state index in [1.54, 1.807) is 22.7 Å². The molecule has 0 saturated carbocycles. The number of thiophene rings is 2. The van der Waals surface area contributed by atoms with Crippen LogP contribution in [0.3, 0.4) is 0 Å². The minimum Gasteiger partial charge on any atom is -0.485 e. The molecule has 0 fully saturated rings. The van der Waals surface area contributed by atoms with Gasteiger partial charge in [-0.3, -0.25) is 0 Å². The molecule has 2 atom stereocenters. The molecule has 0 aliphatic carbocycles. The van der Waals surface area contributed by atoms with Gasteiger partial charge in [0.25, 0.3) is 0 Å². The first-order chi connectivity index (χ1) is 22.8. The van der Waals surface area contributed by atoms with Crippen molar-refractivity contribution in [3.8, 4) is 32.8 Å². The quantitative estimate of drug-likeness (QED) is 0.0884. The van der Waals surface area contributed by atoms with Gasteiger partial charge in [-0.15, -0.1) is 22.7 Å². The fourth-order valence-corrected chi connectivity index (χ4v) is 8.89. The summed E-state index contributed by atoms with van der Waals surface area (Å²) >= 11 is 3.41. The van der Waals surface area contributed by atoms with Gasteiger partial charge < -0.3 is 18.9 Å². The third-order valence-electron chi connectivity index (χ3n) is 9.81. The summed E-state index contributed by atoms with van der Waals surface area (Å²) in [5.41, 5.74) is 0. The van der Waals surface area contributed by atoms with Gasteiger partial charge >= 0.3 is 0 Å². The van der Waals surface area contributed by atoms with E-state index in [-0.39, 0.29) is 12.2 Å². The minimum absolute atomic E-state index is 0.136. The molecular weight excluding hydrogens is 609 g/mol. The zero-order valence-corrected chi connectivity index (χ0v) is 31.2. The van der Waals surface area contributed by atoms with E-state index in [9.17, 15) is 0 Å². The highest BCUT2D eigenvalue weighted by Crippen LogP contribution is 2.55. The van der Waals surface area contributed by atoms with Crippen LogP contribution in [0.5, 0.6) is 23.0 Å². The van der Waals surface area contributed by atoms with Crippen molar-refractivity contribution in [2.75, 3.05) is 13.2 Å². The number of fused-ring (bicyclic) bond motifs is 2. The molecule has 2 aromatic heterocycles. The molecule has 6 heteroatoms. The van der Waals surface area contributed by atoms with Crippen LogP contribution in [-0.2, 0) is 0 Å². The molecule has 0 N–H and O–H groups in total. The predicted octanol–water partition coefficient (Wildman–Crippen LogP) is 13.9. The highest BCUT2D eigenvalue weighted by atomic mass is 32.1. The van der Waals surface area contributed by atoms with Crippen molar-refractivity contribution in [1.82, 2.24) is 0 Å².